The summed E-state index contributed by atoms with van der Waals surface area (Å²) in [6, 6.07) is 2.81. The van der Waals surface area contributed by atoms with Crippen molar-refractivity contribution in [3.63, 3.8) is 0 Å². The summed E-state index contributed by atoms with van der Waals surface area (Å²) in [6.07, 6.45) is -0.420. The van der Waals surface area contributed by atoms with E-state index < -0.39 is 53.4 Å². The number of hydrogen-bond acceptors (Lipinski definition) is 6. The molecule has 158 valence electrons. The quantitative estimate of drug-likeness (QED) is 0.694. The summed E-state index contributed by atoms with van der Waals surface area (Å²) in [7, 11) is 1.21. The van der Waals surface area contributed by atoms with Gasteiger partial charge in [0.05, 0.1) is 24.8 Å². The molecule has 11 heteroatoms. The Morgan fingerprint density at radius 1 is 1.30 bits per heavy atom. The lowest BCUT2D eigenvalue weighted by molar-refractivity contribution is -0.131. The van der Waals surface area contributed by atoms with Gasteiger partial charge in [-0.05, 0) is 23.6 Å². The normalized spacial score (nSPS) is 16.0. The van der Waals surface area contributed by atoms with Gasteiger partial charge in [-0.2, -0.15) is 0 Å². The smallest absolute Gasteiger partial charge is 0.350 e. The monoisotopic (exact) mass is 437 g/mol. The van der Waals surface area contributed by atoms with Crippen molar-refractivity contribution in [3.8, 4) is 0 Å². The van der Waals surface area contributed by atoms with Gasteiger partial charge in [0.2, 0.25) is 11.8 Å². The number of esters is 1. The first kappa shape index (κ1) is 21.4. The average Bonchev–Trinajstić information content (AvgIpc) is 3.16. The molecule has 1 aliphatic heterocycles. The summed E-state index contributed by atoms with van der Waals surface area (Å²) in [5.74, 6) is -4.56. The molecule has 8 nitrogen and oxygen atoms in total. The van der Waals surface area contributed by atoms with Crippen molar-refractivity contribution >= 4 is 40.7 Å². The number of anilines is 1. The topological polar surface area (TPSA) is 105 Å². The SMILES string of the molecule is COC(=O)c1sccc1NC(=O)C[C@@H]1C(=O)NCCN1C(=O)c1ccc(F)cc1F. The van der Waals surface area contributed by atoms with Gasteiger partial charge in [-0.25, -0.2) is 13.6 Å². The van der Waals surface area contributed by atoms with Crippen molar-refractivity contribution in [1.29, 1.82) is 0 Å². The third-order valence-electron chi connectivity index (χ3n) is 4.44. The number of nitrogens with zero attached hydrogens (tertiary/aromatic N) is 1. The van der Waals surface area contributed by atoms with Crippen LogP contribution >= 0.6 is 11.3 Å². The Balaban J connectivity index is 1.77. The fourth-order valence-corrected chi connectivity index (χ4v) is 3.78. The molecule has 0 aliphatic carbocycles. The van der Waals surface area contributed by atoms with Gasteiger partial charge in [0.25, 0.3) is 5.91 Å². The Morgan fingerprint density at radius 3 is 2.77 bits per heavy atom. The molecule has 2 heterocycles. The Labute approximate surface area is 173 Å². The molecule has 0 spiro atoms. The number of rotatable bonds is 5. The molecule has 0 unspecified atom stereocenters. The number of methoxy groups -OCH3 is 1. The summed E-state index contributed by atoms with van der Waals surface area (Å²) in [4.78, 5) is 50.6. The number of amides is 3. The highest BCUT2D eigenvalue weighted by Gasteiger charge is 2.36. The Morgan fingerprint density at radius 2 is 2.07 bits per heavy atom. The number of piperazine rings is 1. The molecule has 0 bridgehead atoms. The molecule has 3 amide bonds. The van der Waals surface area contributed by atoms with Gasteiger partial charge < -0.3 is 20.3 Å². The average molecular weight is 437 g/mol. The highest BCUT2D eigenvalue weighted by Crippen LogP contribution is 2.24. The number of halogens is 2. The van der Waals surface area contributed by atoms with E-state index in [1.54, 1.807) is 5.38 Å². The molecule has 1 aliphatic rings. The molecule has 1 aromatic heterocycles. The molecular weight excluding hydrogens is 420 g/mol. The Kier molecular flexibility index (Phi) is 6.40. The van der Waals surface area contributed by atoms with Gasteiger partial charge in [0, 0.05) is 19.2 Å². The highest BCUT2D eigenvalue weighted by molar-refractivity contribution is 7.12. The standard InChI is InChI=1S/C19H17F2N3O5S/c1-29-19(28)16-13(4-7-30-16)23-15(25)9-14-17(26)22-5-6-24(14)18(27)11-3-2-10(20)8-12(11)21/h2-4,7-8,14H,5-6,9H2,1H3,(H,22,26)(H,23,25)/t14-/m1/s1. The van der Waals surface area contributed by atoms with E-state index in [0.717, 1.165) is 28.4 Å². The summed E-state index contributed by atoms with van der Waals surface area (Å²) in [6.45, 7) is 0.174. The number of carbonyl (C=O) groups is 4. The number of ether oxygens (including phenoxy) is 1. The first-order chi connectivity index (χ1) is 14.3. The molecule has 2 aromatic rings. The van der Waals surface area contributed by atoms with E-state index in [2.05, 4.69) is 15.4 Å². The zero-order valence-electron chi connectivity index (χ0n) is 15.7. The van der Waals surface area contributed by atoms with Crippen molar-refractivity contribution in [1.82, 2.24) is 10.2 Å². The second-order valence-electron chi connectivity index (χ2n) is 6.34. The Bertz CT molecular complexity index is 1010. The summed E-state index contributed by atoms with van der Waals surface area (Å²) in [5.41, 5.74) is -0.183. The van der Waals surface area contributed by atoms with Crippen LogP contribution in [0, 0.1) is 11.6 Å². The number of carbonyl (C=O) groups excluding carboxylic acids is 4. The lowest BCUT2D eigenvalue weighted by Gasteiger charge is -2.34. The highest BCUT2D eigenvalue weighted by atomic mass is 32.1. The van der Waals surface area contributed by atoms with Crippen molar-refractivity contribution in [2.45, 2.75) is 12.5 Å². The number of benzene rings is 1. The fourth-order valence-electron chi connectivity index (χ4n) is 3.01. The molecule has 1 aromatic carbocycles. The van der Waals surface area contributed by atoms with Gasteiger partial charge in [0.15, 0.2) is 0 Å². The van der Waals surface area contributed by atoms with Crippen molar-refractivity contribution in [2.24, 2.45) is 0 Å². The molecule has 30 heavy (non-hydrogen) atoms. The minimum atomic E-state index is -1.20. The third-order valence-corrected chi connectivity index (χ3v) is 5.34. The van der Waals surface area contributed by atoms with E-state index in [-0.39, 0.29) is 23.7 Å². The molecule has 3 rings (SSSR count). The molecule has 0 saturated carbocycles. The summed E-state index contributed by atoms with van der Waals surface area (Å²) >= 11 is 1.07. The van der Waals surface area contributed by atoms with E-state index in [4.69, 9.17) is 0 Å². The molecule has 0 radical (unpaired) electrons. The van der Waals surface area contributed by atoms with Crippen LogP contribution in [0.1, 0.15) is 26.5 Å². The van der Waals surface area contributed by atoms with Gasteiger partial charge in [-0.1, -0.05) is 0 Å². The first-order valence-corrected chi connectivity index (χ1v) is 9.69. The van der Waals surface area contributed by atoms with Crippen LogP contribution in [-0.4, -0.2) is 54.8 Å². The predicted molar refractivity (Wildman–Crippen MR) is 103 cm³/mol. The first-order valence-electron chi connectivity index (χ1n) is 8.81. The van der Waals surface area contributed by atoms with Crippen LogP contribution in [0.4, 0.5) is 14.5 Å². The number of nitrogens with one attached hydrogen (secondary N) is 2. The maximum absolute atomic E-state index is 14.0. The molecule has 1 saturated heterocycles. The van der Waals surface area contributed by atoms with Gasteiger partial charge in [-0.3, -0.25) is 14.4 Å². The summed E-state index contributed by atoms with van der Waals surface area (Å²) in [5, 5.41) is 6.66. The second-order valence-corrected chi connectivity index (χ2v) is 7.25. The van der Waals surface area contributed by atoms with Crippen LogP contribution in [-0.2, 0) is 14.3 Å². The Hall–Kier alpha value is -3.34. The van der Waals surface area contributed by atoms with Crippen LogP contribution in [0.15, 0.2) is 29.6 Å². The molecule has 1 atom stereocenters. The van der Waals surface area contributed by atoms with Gasteiger partial charge in [0.1, 0.15) is 22.6 Å². The second kappa shape index (κ2) is 8.99. The van der Waals surface area contributed by atoms with Gasteiger partial charge >= 0.3 is 5.97 Å². The zero-order valence-corrected chi connectivity index (χ0v) is 16.6. The largest absolute Gasteiger partial charge is 0.465 e. The molecule has 2 N–H and O–H groups in total. The fraction of sp³-hybridized carbons (Fsp3) is 0.263. The lowest BCUT2D eigenvalue weighted by atomic mass is 10.1. The van der Waals surface area contributed by atoms with Crippen LogP contribution in [0.5, 0.6) is 0 Å². The van der Waals surface area contributed by atoms with E-state index >= 15 is 0 Å². The number of thiophene rings is 1. The number of hydrogen-bond donors (Lipinski definition) is 2. The zero-order chi connectivity index (χ0) is 21.8. The predicted octanol–water partition coefficient (Wildman–Crippen LogP) is 1.78. The van der Waals surface area contributed by atoms with Crippen LogP contribution in [0.25, 0.3) is 0 Å². The van der Waals surface area contributed by atoms with Crippen molar-refractivity contribution in [2.75, 3.05) is 25.5 Å². The maximum atomic E-state index is 14.0. The van der Waals surface area contributed by atoms with Crippen molar-refractivity contribution in [3.05, 3.63) is 51.7 Å². The lowest BCUT2D eigenvalue weighted by Crippen LogP contribution is -2.58. The van der Waals surface area contributed by atoms with E-state index in [0.29, 0.717) is 6.07 Å². The summed E-state index contributed by atoms with van der Waals surface area (Å²) < 4.78 is 31.8. The minimum absolute atomic E-state index is 0.0468. The minimum Gasteiger partial charge on any atom is -0.465 e. The molecule has 1 fully saturated rings. The van der Waals surface area contributed by atoms with E-state index in [1.807, 2.05) is 0 Å². The van der Waals surface area contributed by atoms with E-state index in [9.17, 15) is 28.0 Å². The van der Waals surface area contributed by atoms with Crippen LogP contribution in [0.2, 0.25) is 0 Å². The maximum Gasteiger partial charge on any atom is 0.350 e. The van der Waals surface area contributed by atoms with Crippen molar-refractivity contribution < 1.29 is 32.7 Å². The van der Waals surface area contributed by atoms with Crippen LogP contribution in [0.3, 0.4) is 0 Å². The van der Waals surface area contributed by atoms with Gasteiger partial charge in [-0.15, -0.1) is 11.3 Å². The molecular formula is C19H17F2N3O5S. The van der Waals surface area contributed by atoms with E-state index in [1.165, 1.54) is 13.2 Å². The van der Waals surface area contributed by atoms with Crippen LogP contribution < -0.4 is 10.6 Å². The third kappa shape index (κ3) is 4.46.